The summed E-state index contributed by atoms with van der Waals surface area (Å²) in [5.41, 5.74) is -0.102. The third-order valence-corrected chi connectivity index (χ3v) is 4.88. The fraction of sp³-hybridized carbons (Fsp3) is 0.250. The predicted octanol–water partition coefficient (Wildman–Crippen LogP) is 2.76. The Morgan fingerprint density at radius 2 is 1.90 bits per heavy atom. The van der Waals surface area contributed by atoms with Gasteiger partial charge in [0.05, 0.1) is 0 Å². The molecule has 2 heterocycles. The van der Waals surface area contributed by atoms with Gasteiger partial charge in [-0.3, -0.25) is 10.1 Å². The van der Waals surface area contributed by atoms with E-state index in [1.54, 1.807) is 23.2 Å². The topological polar surface area (TPSA) is 49.4 Å². The van der Waals surface area contributed by atoms with E-state index in [1.807, 2.05) is 47.8 Å². The molecule has 1 aromatic carbocycles. The Morgan fingerprint density at radius 3 is 2.57 bits per heavy atom. The average Bonchev–Trinajstić information content (AvgIpc) is 3.07. The molecule has 4 nitrogen and oxygen atoms in total. The van der Waals surface area contributed by atoms with Crippen molar-refractivity contribution in [1.82, 2.24) is 10.2 Å². The Hall–Kier alpha value is -2.14. The van der Waals surface area contributed by atoms with Crippen molar-refractivity contribution in [3.05, 3.63) is 58.3 Å². The van der Waals surface area contributed by atoms with Crippen molar-refractivity contribution in [3.63, 3.8) is 0 Å². The predicted molar refractivity (Wildman–Crippen MR) is 82.1 cm³/mol. The summed E-state index contributed by atoms with van der Waals surface area (Å²) < 4.78 is 0. The zero-order valence-electron chi connectivity index (χ0n) is 11.7. The Labute approximate surface area is 127 Å². The first-order chi connectivity index (χ1) is 10.1. The van der Waals surface area contributed by atoms with Crippen LogP contribution in [0.15, 0.2) is 47.8 Å². The Balaban J connectivity index is 1.89. The van der Waals surface area contributed by atoms with Gasteiger partial charge in [-0.1, -0.05) is 36.4 Å². The summed E-state index contributed by atoms with van der Waals surface area (Å²) in [7, 11) is 0. The zero-order valence-corrected chi connectivity index (χ0v) is 12.5. The number of imide groups is 1. The van der Waals surface area contributed by atoms with Gasteiger partial charge in [0.25, 0.3) is 5.91 Å². The van der Waals surface area contributed by atoms with Gasteiger partial charge >= 0.3 is 6.03 Å². The van der Waals surface area contributed by atoms with Crippen LogP contribution in [-0.2, 0) is 16.8 Å². The highest BCUT2D eigenvalue weighted by molar-refractivity contribution is 7.09. The lowest BCUT2D eigenvalue weighted by Crippen LogP contribution is -2.45. The molecule has 1 unspecified atom stereocenters. The van der Waals surface area contributed by atoms with E-state index in [9.17, 15) is 9.59 Å². The van der Waals surface area contributed by atoms with E-state index in [1.165, 1.54) is 4.88 Å². The van der Waals surface area contributed by atoms with Gasteiger partial charge in [0.15, 0.2) is 0 Å². The van der Waals surface area contributed by atoms with Crippen molar-refractivity contribution in [1.29, 1.82) is 0 Å². The maximum atomic E-state index is 12.3. The van der Waals surface area contributed by atoms with Gasteiger partial charge in [0, 0.05) is 11.4 Å². The minimum Gasteiger partial charge on any atom is -0.305 e. The summed E-state index contributed by atoms with van der Waals surface area (Å²) >= 11 is 1.66. The fourth-order valence-electron chi connectivity index (χ4n) is 2.66. The van der Waals surface area contributed by atoms with Crippen LogP contribution in [0.3, 0.4) is 0 Å². The first-order valence-electron chi connectivity index (χ1n) is 6.83. The lowest BCUT2D eigenvalue weighted by molar-refractivity contribution is -0.126. The first kappa shape index (κ1) is 13.8. The molecule has 1 aliphatic rings. The maximum Gasteiger partial charge on any atom is 0.325 e. The van der Waals surface area contributed by atoms with Crippen molar-refractivity contribution in [2.75, 3.05) is 6.54 Å². The molecule has 0 bridgehead atoms. The SMILES string of the molecule is CC1(c2ccccc2)C(=O)NC(=O)N1CCc1cccs1. The van der Waals surface area contributed by atoms with Gasteiger partial charge in [0.2, 0.25) is 0 Å². The van der Waals surface area contributed by atoms with E-state index < -0.39 is 5.54 Å². The molecule has 2 aromatic rings. The van der Waals surface area contributed by atoms with Crippen LogP contribution in [0.5, 0.6) is 0 Å². The van der Waals surface area contributed by atoms with Crippen molar-refractivity contribution >= 4 is 23.3 Å². The molecule has 1 saturated heterocycles. The minimum atomic E-state index is -0.935. The monoisotopic (exact) mass is 300 g/mol. The summed E-state index contributed by atoms with van der Waals surface area (Å²) in [4.78, 5) is 27.3. The highest BCUT2D eigenvalue weighted by Gasteiger charge is 2.50. The molecular weight excluding hydrogens is 284 g/mol. The van der Waals surface area contributed by atoms with Crippen LogP contribution in [0.2, 0.25) is 0 Å². The molecule has 0 saturated carbocycles. The molecule has 1 aromatic heterocycles. The van der Waals surface area contributed by atoms with Crippen LogP contribution in [0, 0.1) is 0 Å². The number of urea groups is 1. The van der Waals surface area contributed by atoms with E-state index in [0.29, 0.717) is 6.54 Å². The zero-order chi connectivity index (χ0) is 14.9. The molecule has 1 atom stereocenters. The van der Waals surface area contributed by atoms with Crippen molar-refractivity contribution < 1.29 is 9.59 Å². The van der Waals surface area contributed by atoms with E-state index in [4.69, 9.17) is 0 Å². The second kappa shape index (κ2) is 5.33. The molecule has 5 heteroatoms. The average molecular weight is 300 g/mol. The highest BCUT2D eigenvalue weighted by Crippen LogP contribution is 2.33. The Bertz CT molecular complexity index is 654. The van der Waals surface area contributed by atoms with Gasteiger partial charge < -0.3 is 4.90 Å². The molecule has 3 amide bonds. The summed E-state index contributed by atoms with van der Waals surface area (Å²) in [6.45, 7) is 2.32. The summed E-state index contributed by atoms with van der Waals surface area (Å²) in [5.74, 6) is -0.259. The number of amides is 3. The van der Waals surface area contributed by atoms with E-state index >= 15 is 0 Å². The van der Waals surface area contributed by atoms with Crippen LogP contribution in [-0.4, -0.2) is 23.4 Å². The number of carbonyl (C=O) groups is 2. The van der Waals surface area contributed by atoms with Crippen LogP contribution >= 0.6 is 11.3 Å². The molecule has 0 spiro atoms. The maximum absolute atomic E-state index is 12.3. The van der Waals surface area contributed by atoms with Crippen LogP contribution in [0.4, 0.5) is 4.79 Å². The summed E-state index contributed by atoms with van der Waals surface area (Å²) in [5, 5.41) is 4.45. The molecule has 21 heavy (non-hydrogen) atoms. The quantitative estimate of drug-likeness (QED) is 0.883. The molecule has 1 N–H and O–H groups in total. The second-order valence-electron chi connectivity index (χ2n) is 5.18. The van der Waals surface area contributed by atoms with Gasteiger partial charge in [-0.2, -0.15) is 0 Å². The minimum absolute atomic E-state index is 0.259. The third kappa shape index (κ3) is 2.34. The lowest BCUT2D eigenvalue weighted by Gasteiger charge is -2.32. The molecule has 0 radical (unpaired) electrons. The summed E-state index contributed by atoms with van der Waals surface area (Å²) in [6, 6.07) is 13.2. The number of hydrogen-bond acceptors (Lipinski definition) is 3. The van der Waals surface area contributed by atoms with Gasteiger partial charge in [-0.25, -0.2) is 4.79 Å². The standard InChI is InChI=1S/C16H16N2O2S/c1-16(12-6-3-2-4-7-12)14(19)17-15(20)18(16)10-9-13-8-5-11-21-13/h2-8,11H,9-10H2,1H3,(H,17,19,20). The number of nitrogens with one attached hydrogen (secondary N) is 1. The van der Waals surface area contributed by atoms with Crippen LogP contribution in [0.1, 0.15) is 17.4 Å². The number of hydrogen-bond donors (Lipinski definition) is 1. The van der Waals surface area contributed by atoms with Gasteiger partial charge in [-0.05, 0) is 30.4 Å². The first-order valence-corrected chi connectivity index (χ1v) is 7.71. The summed E-state index contributed by atoms with van der Waals surface area (Å²) in [6.07, 6.45) is 0.751. The molecular formula is C16H16N2O2S. The molecule has 0 aliphatic carbocycles. The van der Waals surface area contributed by atoms with Crippen molar-refractivity contribution in [2.45, 2.75) is 18.9 Å². The lowest BCUT2D eigenvalue weighted by atomic mass is 9.90. The van der Waals surface area contributed by atoms with Gasteiger partial charge in [-0.15, -0.1) is 11.3 Å². The van der Waals surface area contributed by atoms with E-state index in [0.717, 1.165) is 12.0 Å². The van der Waals surface area contributed by atoms with Gasteiger partial charge in [0.1, 0.15) is 5.54 Å². The number of thiophene rings is 1. The number of nitrogens with zero attached hydrogens (tertiary/aromatic N) is 1. The number of carbonyl (C=O) groups excluding carboxylic acids is 2. The Morgan fingerprint density at radius 1 is 1.14 bits per heavy atom. The highest BCUT2D eigenvalue weighted by atomic mass is 32.1. The number of benzene rings is 1. The number of rotatable bonds is 4. The smallest absolute Gasteiger partial charge is 0.305 e. The Kier molecular flexibility index (Phi) is 3.51. The van der Waals surface area contributed by atoms with Crippen molar-refractivity contribution in [2.24, 2.45) is 0 Å². The normalized spacial score (nSPS) is 21.7. The molecule has 3 rings (SSSR count). The van der Waals surface area contributed by atoms with E-state index in [-0.39, 0.29) is 11.9 Å². The molecule has 1 fully saturated rings. The fourth-order valence-corrected chi connectivity index (χ4v) is 3.36. The molecule has 1 aliphatic heterocycles. The van der Waals surface area contributed by atoms with Crippen LogP contribution < -0.4 is 5.32 Å². The van der Waals surface area contributed by atoms with Crippen molar-refractivity contribution in [3.8, 4) is 0 Å². The van der Waals surface area contributed by atoms with E-state index in [2.05, 4.69) is 5.32 Å². The third-order valence-electron chi connectivity index (χ3n) is 3.95. The second-order valence-corrected chi connectivity index (χ2v) is 6.21. The largest absolute Gasteiger partial charge is 0.325 e. The van der Waals surface area contributed by atoms with Crippen LogP contribution in [0.25, 0.3) is 0 Å². The molecule has 108 valence electrons.